The molecule has 2 saturated heterocycles. The number of carbonyl (C=O) groups is 1. The van der Waals surface area contributed by atoms with E-state index >= 15 is 0 Å². The van der Waals surface area contributed by atoms with E-state index in [-0.39, 0.29) is 0 Å². The number of aryl methyl sites for hydroxylation is 1. The maximum atomic E-state index is 13.1. The molecule has 0 bridgehead atoms. The molecule has 3 aliphatic rings. The van der Waals surface area contributed by atoms with Gasteiger partial charge in [0.25, 0.3) is 0 Å². The van der Waals surface area contributed by atoms with E-state index in [0.29, 0.717) is 17.2 Å². The molecule has 27 heavy (non-hydrogen) atoms. The Morgan fingerprint density at radius 1 is 1.04 bits per heavy atom. The molecule has 1 aromatic carbocycles. The van der Waals surface area contributed by atoms with Crippen molar-refractivity contribution in [1.29, 1.82) is 0 Å². The Bertz CT molecular complexity index is 650. The van der Waals surface area contributed by atoms with E-state index in [2.05, 4.69) is 41.0 Å². The highest BCUT2D eigenvalue weighted by Gasteiger charge is 2.43. The van der Waals surface area contributed by atoms with Gasteiger partial charge in [-0.05, 0) is 51.1 Å². The lowest BCUT2D eigenvalue weighted by atomic mass is 9.79. The first kappa shape index (κ1) is 19.0. The predicted molar refractivity (Wildman–Crippen MR) is 111 cm³/mol. The summed E-state index contributed by atoms with van der Waals surface area (Å²) in [6.07, 6.45) is 11.2. The molecule has 3 heteroatoms. The van der Waals surface area contributed by atoms with Crippen LogP contribution in [0.2, 0.25) is 0 Å². The summed E-state index contributed by atoms with van der Waals surface area (Å²) in [6.45, 7) is 7.59. The highest BCUT2D eigenvalue weighted by molar-refractivity contribution is 5.79. The van der Waals surface area contributed by atoms with E-state index in [0.717, 1.165) is 39.0 Å². The standard InChI is InChI=1S/C24H36N2O/c1-20-8-6-9-21(16-20)17-25-14-7-12-24(18-25)13-15-26(19-24)23(27)22-10-4-2-3-5-11-22/h6,8-9,16,22H,2-5,7,10-15,17-19H2,1H3. The van der Waals surface area contributed by atoms with Crippen LogP contribution in [-0.4, -0.2) is 41.9 Å². The fourth-order valence-corrected chi connectivity index (χ4v) is 5.75. The van der Waals surface area contributed by atoms with Crippen LogP contribution in [0.4, 0.5) is 0 Å². The van der Waals surface area contributed by atoms with Crippen molar-refractivity contribution in [2.45, 2.75) is 71.3 Å². The lowest BCUT2D eigenvalue weighted by molar-refractivity contribution is -0.135. The Morgan fingerprint density at radius 3 is 2.63 bits per heavy atom. The van der Waals surface area contributed by atoms with Crippen molar-refractivity contribution in [2.24, 2.45) is 11.3 Å². The summed E-state index contributed by atoms with van der Waals surface area (Å²) in [5, 5.41) is 0. The third kappa shape index (κ3) is 4.56. The first-order valence-corrected chi connectivity index (χ1v) is 11.2. The van der Waals surface area contributed by atoms with E-state index in [9.17, 15) is 4.79 Å². The molecule has 2 aliphatic heterocycles. The summed E-state index contributed by atoms with van der Waals surface area (Å²) in [6, 6.07) is 8.92. The van der Waals surface area contributed by atoms with E-state index in [1.54, 1.807) is 0 Å². The second kappa shape index (κ2) is 8.34. The van der Waals surface area contributed by atoms with Crippen molar-refractivity contribution in [3.63, 3.8) is 0 Å². The van der Waals surface area contributed by atoms with Crippen LogP contribution in [0.15, 0.2) is 24.3 Å². The maximum absolute atomic E-state index is 13.1. The first-order chi connectivity index (χ1) is 13.1. The summed E-state index contributed by atoms with van der Waals surface area (Å²) in [5.74, 6) is 0.791. The number of rotatable bonds is 3. The number of likely N-dealkylation sites (tertiary alicyclic amines) is 2. The molecule has 1 aliphatic carbocycles. The van der Waals surface area contributed by atoms with Gasteiger partial charge in [-0.15, -0.1) is 0 Å². The number of hydrogen-bond acceptors (Lipinski definition) is 2. The van der Waals surface area contributed by atoms with Gasteiger partial charge in [0.05, 0.1) is 0 Å². The van der Waals surface area contributed by atoms with Gasteiger partial charge >= 0.3 is 0 Å². The zero-order valence-electron chi connectivity index (χ0n) is 17.1. The third-order valence-corrected chi connectivity index (χ3v) is 7.18. The molecule has 0 N–H and O–H groups in total. The molecular formula is C24H36N2O. The van der Waals surface area contributed by atoms with Crippen LogP contribution in [0.25, 0.3) is 0 Å². The number of carbonyl (C=O) groups excluding carboxylic acids is 1. The molecule has 1 saturated carbocycles. The second-order valence-electron chi connectivity index (χ2n) is 9.50. The molecule has 1 aromatic rings. The van der Waals surface area contributed by atoms with Crippen LogP contribution in [0.1, 0.15) is 68.9 Å². The van der Waals surface area contributed by atoms with Gasteiger partial charge in [0.1, 0.15) is 0 Å². The Labute approximate surface area is 165 Å². The molecule has 3 nitrogen and oxygen atoms in total. The molecule has 2 heterocycles. The number of amides is 1. The van der Waals surface area contributed by atoms with Crippen LogP contribution in [0, 0.1) is 18.3 Å². The molecule has 1 unspecified atom stereocenters. The summed E-state index contributed by atoms with van der Waals surface area (Å²) < 4.78 is 0. The van der Waals surface area contributed by atoms with Crippen LogP contribution >= 0.6 is 0 Å². The Balaban J connectivity index is 1.36. The smallest absolute Gasteiger partial charge is 0.225 e. The largest absolute Gasteiger partial charge is 0.342 e. The Morgan fingerprint density at radius 2 is 1.85 bits per heavy atom. The minimum Gasteiger partial charge on any atom is -0.342 e. The Kier molecular flexibility index (Phi) is 5.87. The topological polar surface area (TPSA) is 23.6 Å². The van der Waals surface area contributed by atoms with Crippen molar-refractivity contribution >= 4 is 5.91 Å². The van der Waals surface area contributed by atoms with Crippen molar-refractivity contribution in [2.75, 3.05) is 26.2 Å². The van der Waals surface area contributed by atoms with Crippen molar-refractivity contribution in [1.82, 2.24) is 9.80 Å². The summed E-state index contributed by atoms with van der Waals surface area (Å²) in [5.41, 5.74) is 3.12. The van der Waals surface area contributed by atoms with Gasteiger partial charge in [0.2, 0.25) is 5.91 Å². The van der Waals surface area contributed by atoms with Crippen LogP contribution in [0.5, 0.6) is 0 Å². The maximum Gasteiger partial charge on any atom is 0.225 e. The van der Waals surface area contributed by atoms with E-state index in [1.807, 2.05) is 0 Å². The van der Waals surface area contributed by atoms with Gasteiger partial charge in [-0.1, -0.05) is 55.5 Å². The third-order valence-electron chi connectivity index (χ3n) is 7.18. The summed E-state index contributed by atoms with van der Waals surface area (Å²) >= 11 is 0. The molecule has 0 aromatic heterocycles. The number of hydrogen-bond donors (Lipinski definition) is 0. The summed E-state index contributed by atoms with van der Waals surface area (Å²) in [7, 11) is 0. The van der Waals surface area contributed by atoms with Gasteiger partial charge in [-0.3, -0.25) is 9.69 Å². The zero-order chi connectivity index (χ0) is 18.7. The number of piperidine rings is 1. The molecule has 1 amide bonds. The van der Waals surface area contributed by atoms with E-state index < -0.39 is 0 Å². The molecule has 3 fully saturated rings. The lowest BCUT2D eigenvalue weighted by Gasteiger charge is -2.40. The van der Waals surface area contributed by atoms with Crippen molar-refractivity contribution in [3.05, 3.63) is 35.4 Å². The highest BCUT2D eigenvalue weighted by Crippen LogP contribution is 2.40. The minimum absolute atomic E-state index is 0.314. The monoisotopic (exact) mass is 368 g/mol. The summed E-state index contributed by atoms with van der Waals surface area (Å²) in [4.78, 5) is 18.0. The molecular weight excluding hydrogens is 332 g/mol. The first-order valence-electron chi connectivity index (χ1n) is 11.2. The normalized spacial score (nSPS) is 27.8. The lowest BCUT2D eigenvalue weighted by Crippen LogP contribution is -2.45. The highest BCUT2D eigenvalue weighted by atomic mass is 16.2. The number of nitrogens with zero attached hydrogens (tertiary/aromatic N) is 2. The molecule has 1 atom stereocenters. The van der Waals surface area contributed by atoms with Crippen LogP contribution in [-0.2, 0) is 11.3 Å². The van der Waals surface area contributed by atoms with Gasteiger partial charge in [0.15, 0.2) is 0 Å². The molecule has 148 valence electrons. The fraction of sp³-hybridized carbons (Fsp3) is 0.708. The molecule has 4 rings (SSSR count). The van der Waals surface area contributed by atoms with E-state index in [4.69, 9.17) is 0 Å². The van der Waals surface area contributed by atoms with Gasteiger partial charge in [-0.25, -0.2) is 0 Å². The van der Waals surface area contributed by atoms with Gasteiger partial charge in [0, 0.05) is 37.5 Å². The van der Waals surface area contributed by atoms with Crippen LogP contribution < -0.4 is 0 Å². The second-order valence-corrected chi connectivity index (χ2v) is 9.50. The van der Waals surface area contributed by atoms with Gasteiger partial charge in [-0.2, -0.15) is 0 Å². The average Bonchev–Trinajstić information content (AvgIpc) is 2.88. The van der Waals surface area contributed by atoms with E-state index in [1.165, 1.54) is 62.6 Å². The Hall–Kier alpha value is -1.35. The van der Waals surface area contributed by atoms with Gasteiger partial charge < -0.3 is 4.90 Å². The van der Waals surface area contributed by atoms with Crippen molar-refractivity contribution in [3.8, 4) is 0 Å². The fourth-order valence-electron chi connectivity index (χ4n) is 5.75. The minimum atomic E-state index is 0.314. The number of benzene rings is 1. The zero-order valence-corrected chi connectivity index (χ0v) is 17.1. The van der Waals surface area contributed by atoms with Crippen LogP contribution in [0.3, 0.4) is 0 Å². The molecule has 1 spiro atoms. The SMILES string of the molecule is Cc1cccc(CN2CCCC3(CCN(C(=O)C4CCCCCC4)C3)C2)c1. The molecule has 0 radical (unpaired) electrons. The average molecular weight is 369 g/mol. The predicted octanol–water partition coefficient (Wildman–Crippen LogP) is 4.78. The van der Waals surface area contributed by atoms with Crippen molar-refractivity contribution < 1.29 is 4.79 Å². The quantitative estimate of drug-likeness (QED) is 0.717.